The predicted molar refractivity (Wildman–Crippen MR) is 138 cm³/mol. The molecule has 0 spiro atoms. The highest BCUT2D eigenvalue weighted by Crippen LogP contribution is 2.53. The van der Waals surface area contributed by atoms with Gasteiger partial charge >= 0.3 is 0 Å². The molecule has 0 bridgehead atoms. The number of halogens is 3. The molecule has 3 aromatic carbocycles. The first-order valence-corrected chi connectivity index (χ1v) is 12.8. The fourth-order valence-corrected chi connectivity index (χ4v) is 6.09. The third kappa shape index (κ3) is 3.73. The lowest BCUT2D eigenvalue weighted by Gasteiger charge is -2.35. The van der Waals surface area contributed by atoms with Crippen molar-refractivity contribution in [1.29, 1.82) is 0 Å². The summed E-state index contributed by atoms with van der Waals surface area (Å²) in [5.41, 5.74) is 1.04. The Bertz CT molecular complexity index is 1400. The van der Waals surface area contributed by atoms with Crippen LogP contribution in [-0.2, 0) is 12.0 Å². The minimum absolute atomic E-state index is 0.0197. The number of benzene rings is 3. The van der Waals surface area contributed by atoms with E-state index in [9.17, 15) is 4.79 Å². The molecule has 1 saturated heterocycles. The first-order chi connectivity index (χ1) is 17.9. The van der Waals surface area contributed by atoms with Crippen LogP contribution in [0.1, 0.15) is 34.3 Å². The van der Waals surface area contributed by atoms with E-state index in [0.717, 1.165) is 24.9 Å². The lowest BCUT2D eigenvalue weighted by atomic mass is 9.80. The van der Waals surface area contributed by atoms with Gasteiger partial charge in [0, 0.05) is 42.8 Å². The fourth-order valence-electron chi connectivity index (χ4n) is 5.82. The maximum atomic E-state index is 16.2. The van der Waals surface area contributed by atoms with Crippen molar-refractivity contribution in [2.75, 3.05) is 32.1 Å². The average molecular weight is 526 g/mol. The van der Waals surface area contributed by atoms with Gasteiger partial charge in [0.05, 0.1) is 22.3 Å². The molecule has 0 aliphatic carbocycles. The van der Waals surface area contributed by atoms with Gasteiger partial charge in [0.2, 0.25) is 0 Å². The second kappa shape index (κ2) is 9.19. The van der Waals surface area contributed by atoms with Gasteiger partial charge in [-0.25, -0.2) is 8.78 Å². The number of nitrogens with one attached hydrogen (secondary N) is 3. The summed E-state index contributed by atoms with van der Waals surface area (Å²) >= 11 is 6.58. The Morgan fingerprint density at radius 2 is 1.97 bits per heavy atom. The molecule has 192 valence electrons. The minimum Gasteiger partial charge on any atom is -0.486 e. The Morgan fingerprint density at radius 1 is 1.16 bits per heavy atom. The molecule has 37 heavy (non-hydrogen) atoms. The highest BCUT2D eigenvalue weighted by molar-refractivity contribution is 6.34. The van der Waals surface area contributed by atoms with Crippen LogP contribution in [0, 0.1) is 11.6 Å². The fraction of sp³-hybridized carbons (Fsp3) is 0.321. The zero-order chi connectivity index (χ0) is 25.7. The van der Waals surface area contributed by atoms with E-state index in [1.54, 1.807) is 0 Å². The van der Waals surface area contributed by atoms with E-state index in [1.165, 1.54) is 19.2 Å². The van der Waals surface area contributed by atoms with E-state index in [4.69, 9.17) is 21.1 Å². The Hall–Kier alpha value is -3.36. The minimum atomic E-state index is -0.845. The lowest BCUT2D eigenvalue weighted by molar-refractivity contribution is 0.0539. The number of amides is 1. The van der Waals surface area contributed by atoms with E-state index < -0.39 is 23.1 Å². The van der Waals surface area contributed by atoms with Gasteiger partial charge in [-0.15, -0.1) is 0 Å². The van der Waals surface area contributed by atoms with Gasteiger partial charge in [0.1, 0.15) is 18.2 Å². The van der Waals surface area contributed by atoms with Crippen molar-refractivity contribution >= 4 is 23.2 Å². The maximum absolute atomic E-state index is 16.2. The molecule has 6 nitrogen and oxygen atoms in total. The first kappa shape index (κ1) is 24.0. The van der Waals surface area contributed by atoms with E-state index in [0.29, 0.717) is 24.2 Å². The van der Waals surface area contributed by atoms with E-state index in [-0.39, 0.29) is 45.9 Å². The van der Waals surface area contributed by atoms with Crippen molar-refractivity contribution in [3.05, 3.63) is 75.8 Å². The largest absolute Gasteiger partial charge is 0.486 e. The van der Waals surface area contributed by atoms with E-state index in [2.05, 4.69) is 16.0 Å². The summed E-state index contributed by atoms with van der Waals surface area (Å²) in [7, 11) is 1.46. The summed E-state index contributed by atoms with van der Waals surface area (Å²) in [6.07, 6.45) is 2.17. The van der Waals surface area contributed by atoms with Crippen LogP contribution in [0.15, 0.2) is 42.5 Å². The normalized spacial score (nSPS) is 21.9. The summed E-state index contributed by atoms with van der Waals surface area (Å²) in [5, 5.41) is 8.90. The van der Waals surface area contributed by atoms with Crippen LogP contribution in [0.5, 0.6) is 11.5 Å². The SMILES string of the molecule is CNC(=O)c1cc2c(c(F)c1-c1c(Cl)c(F)cc3c1C[C@](c1ccccc1)(C1CCCN1)O3)OCCN2. The van der Waals surface area contributed by atoms with Crippen molar-refractivity contribution < 1.29 is 23.0 Å². The molecule has 3 N–H and O–H groups in total. The Balaban J connectivity index is 1.60. The number of anilines is 1. The van der Waals surface area contributed by atoms with Crippen LogP contribution in [-0.4, -0.2) is 38.7 Å². The molecule has 0 radical (unpaired) electrons. The molecule has 1 amide bonds. The van der Waals surface area contributed by atoms with Crippen LogP contribution in [0.2, 0.25) is 5.02 Å². The van der Waals surface area contributed by atoms with Crippen molar-refractivity contribution in [1.82, 2.24) is 10.6 Å². The van der Waals surface area contributed by atoms with Gasteiger partial charge in [0.25, 0.3) is 5.91 Å². The van der Waals surface area contributed by atoms with E-state index >= 15 is 8.78 Å². The third-order valence-electron chi connectivity index (χ3n) is 7.51. The second-order valence-electron chi connectivity index (χ2n) is 9.55. The first-order valence-electron chi connectivity index (χ1n) is 12.4. The van der Waals surface area contributed by atoms with Crippen LogP contribution >= 0.6 is 11.6 Å². The second-order valence-corrected chi connectivity index (χ2v) is 9.93. The Labute approximate surface area is 218 Å². The monoisotopic (exact) mass is 525 g/mol. The van der Waals surface area contributed by atoms with Crippen LogP contribution < -0.4 is 25.4 Å². The molecule has 3 heterocycles. The van der Waals surface area contributed by atoms with Crippen LogP contribution in [0.4, 0.5) is 14.5 Å². The third-order valence-corrected chi connectivity index (χ3v) is 7.88. The molecule has 2 atom stereocenters. The Kier molecular flexibility index (Phi) is 5.96. The molecule has 1 unspecified atom stereocenters. The van der Waals surface area contributed by atoms with Crippen molar-refractivity contribution in [2.24, 2.45) is 0 Å². The van der Waals surface area contributed by atoms with Gasteiger partial charge in [-0.05, 0) is 31.0 Å². The maximum Gasteiger partial charge on any atom is 0.251 e. The number of fused-ring (bicyclic) bond motifs is 2. The summed E-state index contributed by atoms with van der Waals surface area (Å²) in [6.45, 7) is 1.56. The number of ether oxygens (including phenoxy) is 2. The average Bonchev–Trinajstić information content (AvgIpc) is 3.59. The Morgan fingerprint density at radius 3 is 2.70 bits per heavy atom. The quantitative estimate of drug-likeness (QED) is 0.445. The number of hydrogen-bond donors (Lipinski definition) is 3. The lowest BCUT2D eigenvalue weighted by Crippen LogP contribution is -2.48. The number of rotatable bonds is 4. The molecular formula is C28H26ClF2N3O3. The highest BCUT2D eigenvalue weighted by atomic mass is 35.5. The van der Waals surface area contributed by atoms with Gasteiger partial charge in [-0.1, -0.05) is 41.9 Å². The van der Waals surface area contributed by atoms with Gasteiger partial charge in [-0.2, -0.15) is 0 Å². The smallest absolute Gasteiger partial charge is 0.251 e. The zero-order valence-electron chi connectivity index (χ0n) is 20.2. The molecule has 0 saturated carbocycles. The zero-order valence-corrected chi connectivity index (χ0v) is 21.0. The molecule has 9 heteroatoms. The number of carbonyl (C=O) groups is 1. The summed E-state index contributed by atoms with van der Waals surface area (Å²) in [6, 6.07) is 12.5. The van der Waals surface area contributed by atoms with Crippen LogP contribution in [0.25, 0.3) is 11.1 Å². The van der Waals surface area contributed by atoms with Gasteiger partial charge in [0.15, 0.2) is 17.2 Å². The molecule has 3 aliphatic rings. The molecule has 1 fully saturated rings. The molecule has 0 aromatic heterocycles. The van der Waals surface area contributed by atoms with Crippen LogP contribution in [0.3, 0.4) is 0 Å². The van der Waals surface area contributed by atoms with Crippen molar-refractivity contribution in [2.45, 2.75) is 30.9 Å². The topological polar surface area (TPSA) is 71.6 Å². The highest BCUT2D eigenvalue weighted by Gasteiger charge is 2.50. The molecule has 6 rings (SSSR count). The summed E-state index contributed by atoms with van der Waals surface area (Å²) in [4.78, 5) is 13.0. The molecule has 3 aromatic rings. The number of hydrogen-bond acceptors (Lipinski definition) is 5. The van der Waals surface area contributed by atoms with Crippen molar-refractivity contribution in [3.63, 3.8) is 0 Å². The summed E-state index contributed by atoms with van der Waals surface area (Å²) < 4.78 is 43.8. The predicted octanol–water partition coefficient (Wildman–Crippen LogP) is 5.03. The summed E-state index contributed by atoms with van der Waals surface area (Å²) in [5.74, 6) is -1.78. The van der Waals surface area contributed by atoms with Crippen molar-refractivity contribution in [3.8, 4) is 22.6 Å². The van der Waals surface area contributed by atoms with Gasteiger partial charge in [-0.3, -0.25) is 4.79 Å². The standard InChI is InChI=1S/C28H26ClF2N3O3/c1-32-27(35)16-12-19-26(36-11-10-33-19)25(31)23(16)22-17-14-28(21-8-5-9-34-21,15-6-3-2-4-7-15)37-20(17)13-18(30)24(22)29/h2-4,6-7,12-13,21,33-34H,5,8-11,14H2,1H3,(H,32,35)/t21?,28-/m0/s1. The van der Waals surface area contributed by atoms with E-state index in [1.807, 2.05) is 30.3 Å². The molecule has 3 aliphatic heterocycles. The number of carbonyl (C=O) groups excluding carboxylic acids is 1. The molecular weight excluding hydrogens is 500 g/mol. The van der Waals surface area contributed by atoms with Gasteiger partial charge < -0.3 is 25.4 Å².